The van der Waals surface area contributed by atoms with Crippen LogP contribution in [0, 0.1) is 11.3 Å². The Bertz CT molecular complexity index is 802. The molecule has 23 heavy (non-hydrogen) atoms. The van der Waals surface area contributed by atoms with Gasteiger partial charge >= 0.3 is 0 Å². The summed E-state index contributed by atoms with van der Waals surface area (Å²) in [6.45, 7) is 3.44. The van der Waals surface area contributed by atoms with Crippen LogP contribution in [0.3, 0.4) is 0 Å². The number of nitriles is 1. The van der Waals surface area contributed by atoms with Crippen LogP contribution in [-0.4, -0.2) is 20.2 Å². The van der Waals surface area contributed by atoms with E-state index < -0.39 is 0 Å². The van der Waals surface area contributed by atoms with Gasteiger partial charge in [-0.15, -0.1) is 10.2 Å². The van der Waals surface area contributed by atoms with Gasteiger partial charge in [0.15, 0.2) is 18.9 Å². The normalized spacial score (nSPS) is 9.91. The van der Waals surface area contributed by atoms with Crippen LogP contribution in [0.25, 0.3) is 11.4 Å². The third-order valence-electron chi connectivity index (χ3n) is 3.33. The minimum atomic E-state index is 0. The number of nitrogens with zero attached hydrogens (tertiary/aromatic N) is 6. The van der Waals surface area contributed by atoms with Crippen LogP contribution < -0.4 is 21.5 Å². The molecular formula is C16H15BrN6. The van der Waals surface area contributed by atoms with Gasteiger partial charge in [-0.25, -0.2) is 4.57 Å². The minimum absolute atomic E-state index is 0. The predicted octanol–water partition coefficient (Wildman–Crippen LogP) is -1.43. The van der Waals surface area contributed by atoms with Gasteiger partial charge in [0.25, 0.3) is 0 Å². The molecule has 0 unspecified atom stereocenters. The molecule has 7 heteroatoms. The first-order valence-electron chi connectivity index (χ1n) is 7.05. The number of rotatable bonds is 4. The Morgan fingerprint density at radius 3 is 2.39 bits per heavy atom. The molecule has 0 bridgehead atoms. The fourth-order valence-electron chi connectivity index (χ4n) is 2.10. The van der Waals surface area contributed by atoms with Crippen LogP contribution in [0.2, 0.25) is 0 Å². The largest absolute Gasteiger partial charge is 1.00 e. The van der Waals surface area contributed by atoms with Crippen LogP contribution in [-0.2, 0) is 13.1 Å². The zero-order valence-electron chi connectivity index (χ0n) is 12.6. The standard InChI is InChI=1S/C16H15N6.BrH/c1-2-22-19-16(18-20-22)15-5-3-14(4-6-15)12-21-9-7-13(11-17)8-10-21;/h3-10H,2,12H2,1H3;1H/q+1;/p-1. The summed E-state index contributed by atoms with van der Waals surface area (Å²) in [6.07, 6.45) is 3.81. The van der Waals surface area contributed by atoms with Gasteiger partial charge in [-0.3, -0.25) is 0 Å². The first-order valence-corrected chi connectivity index (χ1v) is 7.05. The zero-order chi connectivity index (χ0) is 15.4. The molecule has 0 N–H and O–H groups in total. The van der Waals surface area contributed by atoms with Crippen LogP contribution >= 0.6 is 0 Å². The highest BCUT2D eigenvalue weighted by molar-refractivity contribution is 5.54. The molecular weight excluding hydrogens is 356 g/mol. The van der Waals surface area contributed by atoms with Gasteiger partial charge in [0.2, 0.25) is 5.82 Å². The maximum Gasteiger partial charge on any atom is 0.204 e. The molecule has 1 aromatic carbocycles. The first-order chi connectivity index (χ1) is 10.8. The number of aromatic nitrogens is 5. The van der Waals surface area contributed by atoms with E-state index in [0.29, 0.717) is 17.9 Å². The van der Waals surface area contributed by atoms with E-state index in [9.17, 15) is 0 Å². The summed E-state index contributed by atoms with van der Waals surface area (Å²) in [6, 6.07) is 13.8. The van der Waals surface area contributed by atoms with E-state index in [1.54, 1.807) is 16.9 Å². The molecule has 0 fully saturated rings. The summed E-state index contributed by atoms with van der Waals surface area (Å²) in [4.78, 5) is 1.57. The number of tetrazole rings is 1. The monoisotopic (exact) mass is 370 g/mol. The molecule has 0 aliphatic rings. The van der Waals surface area contributed by atoms with Gasteiger partial charge in [-0.2, -0.15) is 10.1 Å². The lowest BCUT2D eigenvalue weighted by molar-refractivity contribution is -0.688. The molecule has 0 atom stereocenters. The molecule has 0 aliphatic carbocycles. The second kappa shape index (κ2) is 7.61. The number of aryl methyl sites for hydroxylation is 1. The van der Waals surface area contributed by atoms with E-state index in [-0.39, 0.29) is 17.0 Å². The van der Waals surface area contributed by atoms with E-state index >= 15 is 0 Å². The summed E-state index contributed by atoms with van der Waals surface area (Å²) >= 11 is 0. The maximum atomic E-state index is 8.80. The summed E-state index contributed by atoms with van der Waals surface area (Å²) in [5.74, 6) is 0.638. The molecule has 2 heterocycles. The summed E-state index contributed by atoms with van der Waals surface area (Å²) < 4.78 is 2.03. The van der Waals surface area contributed by atoms with Crippen LogP contribution in [0.4, 0.5) is 0 Å². The highest BCUT2D eigenvalue weighted by Crippen LogP contribution is 2.14. The Kier molecular flexibility index (Phi) is 5.55. The SMILES string of the molecule is CCn1nnc(-c2ccc(C[n+]3ccc(C#N)cc3)cc2)n1.[Br-]. The van der Waals surface area contributed by atoms with Crippen molar-refractivity contribution in [1.29, 1.82) is 5.26 Å². The Morgan fingerprint density at radius 1 is 1.13 bits per heavy atom. The maximum absolute atomic E-state index is 8.80. The fourth-order valence-corrected chi connectivity index (χ4v) is 2.10. The van der Waals surface area contributed by atoms with E-state index in [0.717, 1.165) is 12.1 Å². The van der Waals surface area contributed by atoms with Crippen LogP contribution in [0.1, 0.15) is 18.1 Å². The van der Waals surface area contributed by atoms with Gasteiger partial charge in [0.05, 0.1) is 18.2 Å². The quantitative estimate of drug-likeness (QED) is 0.528. The van der Waals surface area contributed by atoms with Crippen molar-refractivity contribution in [2.75, 3.05) is 0 Å². The summed E-state index contributed by atoms with van der Waals surface area (Å²) in [7, 11) is 0. The van der Waals surface area contributed by atoms with Crippen molar-refractivity contribution in [2.24, 2.45) is 0 Å². The molecule has 2 aromatic heterocycles. The minimum Gasteiger partial charge on any atom is -1.00 e. The molecule has 3 rings (SSSR count). The van der Waals surface area contributed by atoms with Crippen molar-refractivity contribution in [2.45, 2.75) is 20.0 Å². The number of pyridine rings is 1. The highest BCUT2D eigenvalue weighted by Gasteiger charge is 2.07. The van der Waals surface area contributed by atoms with E-state index in [1.807, 2.05) is 48.1 Å². The molecule has 0 radical (unpaired) electrons. The Labute approximate surface area is 144 Å². The van der Waals surface area contributed by atoms with Gasteiger partial charge in [0, 0.05) is 23.3 Å². The lowest BCUT2D eigenvalue weighted by Crippen LogP contribution is -3.00. The lowest BCUT2D eigenvalue weighted by atomic mass is 10.1. The van der Waals surface area contributed by atoms with Crippen molar-refractivity contribution >= 4 is 0 Å². The highest BCUT2D eigenvalue weighted by atomic mass is 79.9. The summed E-state index contributed by atoms with van der Waals surface area (Å²) in [5, 5.41) is 21.1. The van der Waals surface area contributed by atoms with Gasteiger partial charge in [-0.05, 0) is 12.1 Å². The molecule has 6 nitrogen and oxygen atoms in total. The number of hydrogen-bond acceptors (Lipinski definition) is 4. The van der Waals surface area contributed by atoms with Crippen molar-refractivity contribution in [3.63, 3.8) is 0 Å². The second-order valence-electron chi connectivity index (χ2n) is 4.87. The van der Waals surface area contributed by atoms with Crippen molar-refractivity contribution in [1.82, 2.24) is 20.2 Å². The van der Waals surface area contributed by atoms with Gasteiger partial charge < -0.3 is 17.0 Å². The average Bonchev–Trinajstić information content (AvgIpc) is 3.05. The zero-order valence-corrected chi connectivity index (χ0v) is 14.2. The third kappa shape index (κ3) is 3.99. The van der Waals surface area contributed by atoms with E-state index in [4.69, 9.17) is 5.26 Å². The molecule has 0 spiro atoms. The number of benzene rings is 1. The smallest absolute Gasteiger partial charge is 0.204 e. The topological polar surface area (TPSA) is 71.3 Å². The number of halogens is 1. The van der Waals surface area contributed by atoms with Crippen molar-refractivity contribution in [3.8, 4) is 17.5 Å². The van der Waals surface area contributed by atoms with Crippen LogP contribution in [0.5, 0.6) is 0 Å². The van der Waals surface area contributed by atoms with Crippen LogP contribution in [0.15, 0.2) is 48.8 Å². The Hall–Kier alpha value is -2.59. The molecule has 3 aromatic rings. The molecule has 0 saturated heterocycles. The van der Waals surface area contributed by atoms with Gasteiger partial charge in [-0.1, -0.05) is 24.3 Å². The second-order valence-corrected chi connectivity index (χ2v) is 4.87. The first kappa shape index (κ1) is 16.8. The van der Waals surface area contributed by atoms with Crippen molar-refractivity contribution < 1.29 is 21.5 Å². The molecule has 116 valence electrons. The Balaban J connectivity index is 0.00000192. The summed E-state index contributed by atoms with van der Waals surface area (Å²) in [5.41, 5.74) is 2.78. The van der Waals surface area contributed by atoms with Crippen molar-refractivity contribution in [3.05, 3.63) is 59.9 Å². The van der Waals surface area contributed by atoms with Gasteiger partial charge in [0.1, 0.15) is 0 Å². The molecule has 0 amide bonds. The fraction of sp³-hybridized carbons (Fsp3) is 0.188. The average molecular weight is 371 g/mol. The molecule has 0 saturated carbocycles. The Morgan fingerprint density at radius 2 is 1.83 bits per heavy atom. The third-order valence-corrected chi connectivity index (χ3v) is 3.33. The predicted molar refractivity (Wildman–Crippen MR) is 79.4 cm³/mol. The molecule has 0 aliphatic heterocycles. The van der Waals surface area contributed by atoms with E-state index in [1.165, 1.54) is 5.56 Å². The lowest BCUT2D eigenvalue weighted by Gasteiger charge is -1.99. The number of hydrogen-bond donors (Lipinski definition) is 0. The van der Waals surface area contributed by atoms with E-state index in [2.05, 4.69) is 21.5 Å².